The van der Waals surface area contributed by atoms with Crippen molar-refractivity contribution in [1.82, 2.24) is 9.88 Å². The Kier molecular flexibility index (Phi) is 4.68. The average Bonchev–Trinajstić information content (AvgIpc) is 2.88. The smallest absolute Gasteiger partial charge is 0.208 e. The van der Waals surface area contributed by atoms with Crippen LogP contribution in [0.25, 0.3) is 0 Å². The Balaban J connectivity index is 1.94. The third-order valence-corrected chi connectivity index (χ3v) is 3.31. The first-order valence-electron chi connectivity index (χ1n) is 7.15. The van der Waals surface area contributed by atoms with Crippen LogP contribution in [-0.4, -0.2) is 24.0 Å². The Morgan fingerprint density at radius 3 is 2.33 bits per heavy atom. The molecule has 0 unspecified atom stereocenters. The van der Waals surface area contributed by atoms with Crippen molar-refractivity contribution in [1.29, 1.82) is 0 Å². The van der Waals surface area contributed by atoms with E-state index in [1.54, 1.807) is 7.11 Å². The summed E-state index contributed by atoms with van der Waals surface area (Å²) in [6.07, 6.45) is 1.83. The molecule has 0 N–H and O–H groups in total. The summed E-state index contributed by atoms with van der Waals surface area (Å²) in [5.74, 6) is 2.57. The molecule has 0 aliphatic carbocycles. The Morgan fingerprint density at radius 1 is 1.14 bits per heavy atom. The van der Waals surface area contributed by atoms with Crippen LogP contribution in [0, 0.1) is 0 Å². The summed E-state index contributed by atoms with van der Waals surface area (Å²) in [5.41, 5.74) is 1.24. The maximum atomic E-state index is 5.82. The fourth-order valence-corrected chi connectivity index (χ4v) is 2.06. The largest absolute Gasteiger partial charge is 0.497 e. The van der Waals surface area contributed by atoms with Crippen molar-refractivity contribution < 1.29 is 9.15 Å². The number of benzene rings is 1. The van der Waals surface area contributed by atoms with Gasteiger partial charge in [-0.15, -0.1) is 0 Å². The van der Waals surface area contributed by atoms with Crippen molar-refractivity contribution in [3.63, 3.8) is 0 Å². The monoisotopic (exact) mass is 288 g/mol. The van der Waals surface area contributed by atoms with Crippen LogP contribution in [0.3, 0.4) is 0 Å². The molecule has 0 saturated carbocycles. The molecule has 0 amide bonds. The highest BCUT2D eigenvalue weighted by Gasteiger charge is 2.19. The molecule has 0 aliphatic heterocycles. The van der Waals surface area contributed by atoms with Crippen molar-refractivity contribution in [2.45, 2.75) is 39.3 Å². The molecule has 0 atom stereocenters. The number of aromatic nitrogens is 1. The first-order valence-corrected chi connectivity index (χ1v) is 7.15. The summed E-state index contributed by atoms with van der Waals surface area (Å²) in [5, 5.41) is 0. The molecule has 2 aromatic rings. The Labute approximate surface area is 126 Å². The highest BCUT2D eigenvalue weighted by molar-refractivity contribution is 5.27. The molecular formula is C17H24N2O2. The third kappa shape index (κ3) is 4.33. The van der Waals surface area contributed by atoms with E-state index in [0.29, 0.717) is 6.54 Å². The molecule has 0 aliphatic rings. The van der Waals surface area contributed by atoms with Gasteiger partial charge in [0.25, 0.3) is 0 Å². The molecule has 1 aromatic heterocycles. The van der Waals surface area contributed by atoms with Crippen LogP contribution in [0.15, 0.2) is 34.9 Å². The maximum Gasteiger partial charge on any atom is 0.208 e. The Hall–Kier alpha value is -1.81. The average molecular weight is 288 g/mol. The van der Waals surface area contributed by atoms with E-state index in [-0.39, 0.29) is 5.41 Å². The number of ether oxygens (including phenoxy) is 1. The molecule has 1 heterocycles. The van der Waals surface area contributed by atoms with Crippen molar-refractivity contribution in [3.8, 4) is 5.75 Å². The van der Waals surface area contributed by atoms with E-state index < -0.39 is 0 Å². The minimum atomic E-state index is -0.000193. The second-order valence-corrected chi connectivity index (χ2v) is 6.39. The molecule has 4 heteroatoms. The second kappa shape index (κ2) is 6.31. The van der Waals surface area contributed by atoms with Gasteiger partial charge in [0.15, 0.2) is 0 Å². The van der Waals surface area contributed by atoms with Gasteiger partial charge in [-0.2, -0.15) is 0 Å². The maximum absolute atomic E-state index is 5.82. The van der Waals surface area contributed by atoms with Crippen molar-refractivity contribution in [2.75, 3.05) is 14.2 Å². The van der Waals surface area contributed by atoms with E-state index in [0.717, 1.165) is 23.9 Å². The zero-order chi connectivity index (χ0) is 15.5. The first-order chi connectivity index (χ1) is 9.88. The van der Waals surface area contributed by atoms with E-state index in [9.17, 15) is 0 Å². The Bertz CT molecular complexity index is 567. The highest BCUT2D eigenvalue weighted by atomic mass is 16.5. The van der Waals surface area contributed by atoms with Crippen LogP contribution in [0.1, 0.15) is 38.0 Å². The van der Waals surface area contributed by atoms with E-state index in [4.69, 9.17) is 9.15 Å². The molecule has 0 spiro atoms. The van der Waals surface area contributed by atoms with Crippen LogP contribution in [0.2, 0.25) is 0 Å². The van der Waals surface area contributed by atoms with E-state index in [1.165, 1.54) is 5.56 Å². The van der Waals surface area contributed by atoms with Gasteiger partial charge >= 0.3 is 0 Å². The van der Waals surface area contributed by atoms with E-state index in [2.05, 4.69) is 49.8 Å². The minimum Gasteiger partial charge on any atom is -0.497 e. The number of hydrogen-bond acceptors (Lipinski definition) is 4. The van der Waals surface area contributed by atoms with Gasteiger partial charge in [-0.1, -0.05) is 32.9 Å². The number of nitrogens with zero attached hydrogens (tertiary/aromatic N) is 2. The molecule has 2 rings (SSSR count). The summed E-state index contributed by atoms with van der Waals surface area (Å²) in [4.78, 5) is 6.54. The van der Waals surface area contributed by atoms with Gasteiger partial charge in [0, 0.05) is 12.0 Å². The fraction of sp³-hybridized carbons (Fsp3) is 0.471. The van der Waals surface area contributed by atoms with Crippen molar-refractivity contribution >= 4 is 0 Å². The zero-order valence-electron chi connectivity index (χ0n) is 13.5. The summed E-state index contributed by atoms with van der Waals surface area (Å²) in [6.45, 7) is 7.91. The molecule has 4 nitrogen and oxygen atoms in total. The SMILES string of the molecule is COc1ccc(CN(C)Cc2ncc(C(C)(C)C)o2)cc1. The second-order valence-electron chi connectivity index (χ2n) is 6.39. The van der Waals surface area contributed by atoms with Gasteiger partial charge in [-0.3, -0.25) is 4.90 Å². The molecule has 0 saturated heterocycles. The van der Waals surface area contributed by atoms with Crippen LogP contribution in [-0.2, 0) is 18.5 Å². The van der Waals surface area contributed by atoms with Crippen molar-refractivity contribution in [2.24, 2.45) is 0 Å². The molecule has 0 bridgehead atoms. The predicted octanol–water partition coefficient (Wildman–Crippen LogP) is 3.61. The number of rotatable bonds is 5. The predicted molar refractivity (Wildman–Crippen MR) is 83.4 cm³/mol. The van der Waals surface area contributed by atoms with Gasteiger partial charge in [0.05, 0.1) is 19.9 Å². The highest BCUT2D eigenvalue weighted by Crippen LogP contribution is 2.23. The summed E-state index contributed by atoms with van der Waals surface area (Å²) >= 11 is 0. The lowest BCUT2D eigenvalue weighted by molar-refractivity contribution is 0.269. The normalized spacial score (nSPS) is 11.9. The van der Waals surface area contributed by atoms with Gasteiger partial charge in [0.1, 0.15) is 11.5 Å². The van der Waals surface area contributed by atoms with Crippen molar-refractivity contribution in [3.05, 3.63) is 47.7 Å². The Morgan fingerprint density at radius 2 is 1.81 bits per heavy atom. The third-order valence-electron chi connectivity index (χ3n) is 3.31. The lowest BCUT2D eigenvalue weighted by atomic mass is 9.94. The van der Waals surface area contributed by atoms with Crippen LogP contribution >= 0.6 is 0 Å². The number of hydrogen-bond donors (Lipinski definition) is 0. The summed E-state index contributed by atoms with van der Waals surface area (Å²) in [7, 11) is 3.74. The first kappa shape index (κ1) is 15.6. The van der Waals surface area contributed by atoms with Crippen LogP contribution in [0.4, 0.5) is 0 Å². The van der Waals surface area contributed by atoms with Gasteiger partial charge in [-0.25, -0.2) is 4.98 Å². The molecule has 114 valence electrons. The summed E-state index contributed by atoms with van der Waals surface area (Å²) in [6, 6.07) is 8.11. The standard InChI is InChI=1S/C17H24N2O2/c1-17(2,3)15-10-18-16(21-15)12-19(4)11-13-6-8-14(20-5)9-7-13/h6-10H,11-12H2,1-5H3. The molecular weight excluding hydrogens is 264 g/mol. The van der Waals surface area contributed by atoms with Gasteiger partial charge in [-0.05, 0) is 24.7 Å². The van der Waals surface area contributed by atoms with Gasteiger partial charge < -0.3 is 9.15 Å². The number of methoxy groups -OCH3 is 1. The quantitative estimate of drug-likeness (QED) is 0.842. The lowest BCUT2D eigenvalue weighted by Crippen LogP contribution is -2.17. The number of oxazole rings is 1. The minimum absolute atomic E-state index is 0.000193. The zero-order valence-corrected chi connectivity index (χ0v) is 13.5. The summed E-state index contributed by atoms with van der Waals surface area (Å²) < 4.78 is 11.0. The molecule has 1 aromatic carbocycles. The fourth-order valence-electron chi connectivity index (χ4n) is 2.06. The molecule has 0 radical (unpaired) electrons. The molecule has 0 fully saturated rings. The topological polar surface area (TPSA) is 38.5 Å². The van der Waals surface area contributed by atoms with E-state index >= 15 is 0 Å². The lowest BCUT2D eigenvalue weighted by Gasteiger charge is -2.16. The van der Waals surface area contributed by atoms with E-state index in [1.807, 2.05) is 18.3 Å². The van der Waals surface area contributed by atoms with Gasteiger partial charge in [0.2, 0.25) is 5.89 Å². The molecule has 21 heavy (non-hydrogen) atoms. The van der Waals surface area contributed by atoms with Crippen LogP contribution in [0.5, 0.6) is 5.75 Å². The van der Waals surface area contributed by atoms with Crippen LogP contribution < -0.4 is 4.74 Å².